The Balaban J connectivity index is 1.59. The highest BCUT2D eigenvalue weighted by molar-refractivity contribution is 8.00. The van der Waals surface area contributed by atoms with Crippen molar-refractivity contribution in [3.8, 4) is 5.75 Å². The van der Waals surface area contributed by atoms with Crippen LogP contribution in [0.4, 0.5) is 5.13 Å². The van der Waals surface area contributed by atoms with Crippen LogP contribution in [0.5, 0.6) is 5.75 Å². The van der Waals surface area contributed by atoms with Gasteiger partial charge < -0.3 is 4.74 Å². The van der Waals surface area contributed by atoms with E-state index in [1.165, 1.54) is 28.7 Å². The summed E-state index contributed by atoms with van der Waals surface area (Å²) in [6.45, 7) is 4.07. The van der Waals surface area contributed by atoms with Gasteiger partial charge in [0.25, 0.3) is 0 Å². The summed E-state index contributed by atoms with van der Waals surface area (Å²) < 4.78 is 6.39. The average molecular weight is 374 g/mol. The SMILES string of the molecule is COc1ccc(C)c2sc(NNC(=O)CSc3ccc(C)cc3)nc12. The van der Waals surface area contributed by atoms with Crippen molar-refractivity contribution in [1.82, 2.24) is 10.4 Å². The number of thioether (sulfide) groups is 1. The molecule has 0 atom stereocenters. The summed E-state index contributed by atoms with van der Waals surface area (Å²) in [4.78, 5) is 17.6. The molecule has 5 nitrogen and oxygen atoms in total. The van der Waals surface area contributed by atoms with Crippen LogP contribution in [-0.4, -0.2) is 23.8 Å². The number of rotatable bonds is 6. The van der Waals surface area contributed by atoms with Crippen LogP contribution in [0.1, 0.15) is 11.1 Å². The van der Waals surface area contributed by atoms with Crippen molar-refractivity contribution in [2.75, 3.05) is 18.3 Å². The second-order valence-electron chi connectivity index (χ2n) is 5.56. The molecule has 7 heteroatoms. The predicted molar refractivity (Wildman–Crippen MR) is 105 cm³/mol. The number of amides is 1. The number of methoxy groups -OCH3 is 1. The van der Waals surface area contributed by atoms with Crippen LogP contribution in [0.3, 0.4) is 0 Å². The Morgan fingerprint density at radius 3 is 2.68 bits per heavy atom. The van der Waals surface area contributed by atoms with Gasteiger partial charge in [0, 0.05) is 4.90 Å². The number of thiazole rings is 1. The Morgan fingerprint density at radius 1 is 1.20 bits per heavy atom. The van der Waals surface area contributed by atoms with E-state index in [0.717, 1.165) is 26.4 Å². The molecule has 0 saturated heterocycles. The smallest absolute Gasteiger partial charge is 0.248 e. The molecule has 3 rings (SSSR count). The number of carbonyl (C=O) groups excluding carboxylic acids is 1. The van der Waals surface area contributed by atoms with Gasteiger partial charge >= 0.3 is 0 Å². The topological polar surface area (TPSA) is 63.2 Å². The average Bonchev–Trinajstić information content (AvgIpc) is 3.05. The van der Waals surface area contributed by atoms with E-state index < -0.39 is 0 Å². The van der Waals surface area contributed by atoms with Crippen LogP contribution >= 0.6 is 23.1 Å². The van der Waals surface area contributed by atoms with Gasteiger partial charge in [0.15, 0.2) is 0 Å². The molecule has 0 aliphatic heterocycles. The second-order valence-corrected chi connectivity index (χ2v) is 7.60. The molecule has 1 heterocycles. The molecular formula is C18H19N3O2S2. The van der Waals surface area contributed by atoms with E-state index >= 15 is 0 Å². The van der Waals surface area contributed by atoms with Crippen LogP contribution in [0.2, 0.25) is 0 Å². The first kappa shape index (κ1) is 17.6. The standard InChI is InChI=1S/C18H19N3O2S2/c1-11-4-7-13(8-5-11)24-10-15(22)20-21-18-19-16-14(23-3)9-6-12(2)17(16)25-18/h4-9H,10H2,1-3H3,(H,19,21)(H,20,22). The maximum Gasteiger partial charge on any atom is 0.248 e. The highest BCUT2D eigenvalue weighted by Crippen LogP contribution is 2.34. The predicted octanol–water partition coefficient (Wildman–Crippen LogP) is 4.16. The fraction of sp³-hybridized carbons (Fsp3) is 0.222. The summed E-state index contributed by atoms with van der Waals surface area (Å²) in [7, 11) is 1.63. The van der Waals surface area contributed by atoms with Gasteiger partial charge in [-0.05, 0) is 37.6 Å². The largest absolute Gasteiger partial charge is 0.494 e. The third kappa shape index (κ3) is 4.24. The molecule has 0 bridgehead atoms. The Bertz CT molecular complexity index is 891. The van der Waals surface area contributed by atoms with E-state index in [-0.39, 0.29) is 5.91 Å². The summed E-state index contributed by atoms with van der Waals surface area (Å²) in [6.07, 6.45) is 0. The van der Waals surface area contributed by atoms with E-state index in [1.807, 2.05) is 50.2 Å². The lowest BCUT2D eigenvalue weighted by molar-refractivity contribution is -0.118. The van der Waals surface area contributed by atoms with Gasteiger partial charge in [0.05, 0.1) is 17.6 Å². The molecule has 0 radical (unpaired) electrons. The molecule has 25 heavy (non-hydrogen) atoms. The number of aryl methyl sites for hydroxylation is 2. The highest BCUT2D eigenvalue weighted by atomic mass is 32.2. The van der Waals surface area contributed by atoms with Crippen molar-refractivity contribution < 1.29 is 9.53 Å². The lowest BCUT2D eigenvalue weighted by Gasteiger charge is -2.05. The van der Waals surface area contributed by atoms with Gasteiger partial charge in [-0.15, -0.1) is 11.8 Å². The zero-order valence-corrected chi connectivity index (χ0v) is 15.9. The van der Waals surface area contributed by atoms with E-state index in [1.54, 1.807) is 7.11 Å². The van der Waals surface area contributed by atoms with Gasteiger partial charge in [0.2, 0.25) is 11.0 Å². The van der Waals surface area contributed by atoms with Crippen molar-refractivity contribution in [3.05, 3.63) is 47.5 Å². The van der Waals surface area contributed by atoms with Crippen molar-refractivity contribution in [3.63, 3.8) is 0 Å². The first-order valence-electron chi connectivity index (χ1n) is 7.75. The van der Waals surface area contributed by atoms with Crippen LogP contribution in [-0.2, 0) is 4.79 Å². The number of nitrogens with zero attached hydrogens (tertiary/aromatic N) is 1. The molecule has 1 aromatic heterocycles. The Hall–Kier alpha value is -2.25. The summed E-state index contributed by atoms with van der Waals surface area (Å²) in [5.74, 6) is 0.961. The lowest BCUT2D eigenvalue weighted by atomic mass is 10.2. The summed E-state index contributed by atoms with van der Waals surface area (Å²) >= 11 is 2.98. The molecule has 3 aromatic rings. The third-order valence-corrected chi connectivity index (χ3v) is 5.74. The minimum Gasteiger partial charge on any atom is -0.494 e. The Morgan fingerprint density at radius 2 is 1.96 bits per heavy atom. The maximum absolute atomic E-state index is 12.0. The van der Waals surface area contributed by atoms with E-state index in [2.05, 4.69) is 15.8 Å². The normalized spacial score (nSPS) is 10.7. The molecule has 2 aromatic carbocycles. The zero-order chi connectivity index (χ0) is 17.8. The number of carbonyl (C=O) groups is 1. The van der Waals surface area contributed by atoms with Crippen LogP contribution in [0.25, 0.3) is 10.2 Å². The second kappa shape index (κ2) is 7.76. The summed E-state index contributed by atoms with van der Waals surface area (Å²) in [6, 6.07) is 12.0. The fourth-order valence-electron chi connectivity index (χ4n) is 2.27. The highest BCUT2D eigenvalue weighted by Gasteiger charge is 2.11. The third-order valence-electron chi connectivity index (χ3n) is 3.62. The molecular weight excluding hydrogens is 354 g/mol. The van der Waals surface area contributed by atoms with Crippen LogP contribution in [0.15, 0.2) is 41.3 Å². The first-order chi connectivity index (χ1) is 12.1. The summed E-state index contributed by atoms with van der Waals surface area (Å²) in [5.41, 5.74) is 8.73. The van der Waals surface area contributed by atoms with Crippen LogP contribution < -0.4 is 15.6 Å². The number of anilines is 1. The monoisotopic (exact) mass is 373 g/mol. The van der Waals surface area contributed by atoms with Gasteiger partial charge in [0.1, 0.15) is 11.3 Å². The van der Waals surface area contributed by atoms with Crippen molar-refractivity contribution in [1.29, 1.82) is 0 Å². The van der Waals surface area contributed by atoms with Gasteiger partial charge in [-0.2, -0.15) is 0 Å². The maximum atomic E-state index is 12.0. The van der Waals surface area contributed by atoms with Crippen molar-refractivity contribution in [2.45, 2.75) is 18.7 Å². The van der Waals surface area contributed by atoms with Crippen molar-refractivity contribution in [2.24, 2.45) is 0 Å². The van der Waals surface area contributed by atoms with Gasteiger partial charge in [-0.1, -0.05) is 35.1 Å². The minimum absolute atomic E-state index is 0.103. The molecule has 0 aliphatic rings. The number of benzene rings is 2. The Kier molecular flexibility index (Phi) is 5.45. The van der Waals surface area contributed by atoms with E-state index in [4.69, 9.17) is 4.74 Å². The fourth-order valence-corrected chi connectivity index (χ4v) is 3.87. The number of ether oxygens (including phenoxy) is 1. The molecule has 0 aliphatic carbocycles. The molecule has 0 unspecified atom stereocenters. The quantitative estimate of drug-likeness (QED) is 0.502. The number of hydrogen-bond donors (Lipinski definition) is 2. The van der Waals surface area contributed by atoms with E-state index in [0.29, 0.717) is 10.9 Å². The molecule has 0 spiro atoms. The molecule has 130 valence electrons. The number of fused-ring (bicyclic) bond motifs is 1. The van der Waals surface area contributed by atoms with Crippen LogP contribution in [0, 0.1) is 13.8 Å². The Labute approximate surface area is 154 Å². The summed E-state index contributed by atoms with van der Waals surface area (Å²) in [5, 5.41) is 0.635. The molecule has 2 N–H and O–H groups in total. The van der Waals surface area contributed by atoms with E-state index in [9.17, 15) is 4.79 Å². The van der Waals surface area contributed by atoms with Gasteiger partial charge in [-0.25, -0.2) is 4.98 Å². The first-order valence-corrected chi connectivity index (χ1v) is 9.55. The minimum atomic E-state index is -0.103. The van der Waals surface area contributed by atoms with Gasteiger partial charge in [-0.3, -0.25) is 15.6 Å². The number of nitrogens with one attached hydrogen (secondary N) is 2. The molecule has 1 amide bonds. The zero-order valence-electron chi connectivity index (χ0n) is 14.3. The molecule has 0 saturated carbocycles. The number of hydrazine groups is 1. The lowest BCUT2D eigenvalue weighted by Crippen LogP contribution is -2.30. The number of hydrogen-bond acceptors (Lipinski definition) is 6. The van der Waals surface area contributed by atoms with Crippen molar-refractivity contribution >= 4 is 44.4 Å². The molecule has 0 fully saturated rings. The number of aromatic nitrogens is 1.